The summed E-state index contributed by atoms with van der Waals surface area (Å²) in [5, 5.41) is 6.66. The minimum Gasteiger partial charge on any atom is -0.369 e. The zero-order valence-corrected chi connectivity index (χ0v) is 11.9. The topological polar surface area (TPSA) is 99.2 Å². The summed E-state index contributed by atoms with van der Waals surface area (Å²) in [5.74, 6) is 0.283. The number of guanidine groups is 1. The number of nitrogens with one attached hydrogen (secondary N) is 1. The van der Waals surface area contributed by atoms with Crippen molar-refractivity contribution < 1.29 is 0 Å². The second kappa shape index (κ2) is 6.45. The monoisotopic (exact) mass is 280 g/mol. The van der Waals surface area contributed by atoms with Gasteiger partial charge in [0, 0.05) is 16.3 Å². The normalized spacial score (nSPS) is 10.9. The minimum atomic E-state index is 0.283. The molecule has 2 aromatic carbocycles. The predicted octanol–water partition coefficient (Wildman–Crippen LogP) is 4.30. The molecule has 6 nitrogen and oxygen atoms in total. The van der Waals surface area contributed by atoms with E-state index >= 15 is 0 Å². The first-order valence-electron chi connectivity index (χ1n) is 6.43. The highest BCUT2D eigenvalue weighted by molar-refractivity contribution is 5.95. The lowest BCUT2D eigenvalue weighted by Gasteiger charge is -2.10. The number of para-hydroxylation sites is 1. The zero-order chi connectivity index (χ0) is 15.2. The van der Waals surface area contributed by atoms with Gasteiger partial charge in [0.25, 0.3) is 0 Å². The van der Waals surface area contributed by atoms with Gasteiger partial charge < -0.3 is 11.1 Å². The number of hydrogen-bond acceptors (Lipinski definition) is 2. The van der Waals surface area contributed by atoms with Crippen molar-refractivity contribution in [3.8, 4) is 0 Å². The molecule has 0 unspecified atom stereocenters. The molecule has 0 aliphatic rings. The molecule has 0 fully saturated rings. The van der Waals surface area contributed by atoms with Crippen LogP contribution in [-0.2, 0) is 0 Å². The molecule has 2 rings (SSSR count). The van der Waals surface area contributed by atoms with E-state index in [1.165, 1.54) is 0 Å². The van der Waals surface area contributed by atoms with Gasteiger partial charge in [-0.15, -0.1) is 0 Å². The number of benzene rings is 2. The number of nitrogens with zero attached hydrogens (tertiary/aromatic N) is 4. The molecule has 6 heteroatoms. The standard InChI is InChI=1S/C15H16N6/c1-10-6-3-4-7-12(10)18-15(16)19-13-8-5-9-14(11(13)2)20-21-17/h3-9H,1-2H3,(H3,16,18,19). The summed E-state index contributed by atoms with van der Waals surface area (Å²) in [6.07, 6.45) is 0. The molecular weight excluding hydrogens is 264 g/mol. The van der Waals surface area contributed by atoms with Crippen LogP contribution in [0.25, 0.3) is 10.4 Å². The van der Waals surface area contributed by atoms with Crippen molar-refractivity contribution in [2.45, 2.75) is 13.8 Å². The van der Waals surface area contributed by atoms with Crippen LogP contribution >= 0.6 is 0 Å². The van der Waals surface area contributed by atoms with Crippen molar-refractivity contribution in [2.24, 2.45) is 15.8 Å². The van der Waals surface area contributed by atoms with Gasteiger partial charge in [-0.3, -0.25) is 0 Å². The summed E-state index contributed by atoms with van der Waals surface area (Å²) >= 11 is 0. The van der Waals surface area contributed by atoms with Crippen molar-refractivity contribution in [2.75, 3.05) is 5.32 Å². The number of rotatable bonds is 3. The van der Waals surface area contributed by atoms with E-state index in [1.807, 2.05) is 44.2 Å². The van der Waals surface area contributed by atoms with Crippen LogP contribution in [0.5, 0.6) is 0 Å². The van der Waals surface area contributed by atoms with Gasteiger partial charge in [0.15, 0.2) is 5.96 Å². The smallest absolute Gasteiger partial charge is 0.198 e. The Morgan fingerprint density at radius 1 is 1.10 bits per heavy atom. The maximum atomic E-state index is 8.53. The third-order valence-corrected chi connectivity index (χ3v) is 3.08. The van der Waals surface area contributed by atoms with E-state index in [-0.39, 0.29) is 5.96 Å². The molecule has 0 saturated heterocycles. The fraction of sp³-hybridized carbons (Fsp3) is 0.133. The summed E-state index contributed by atoms with van der Waals surface area (Å²) in [6, 6.07) is 13.1. The van der Waals surface area contributed by atoms with E-state index < -0.39 is 0 Å². The number of anilines is 1. The van der Waals surface area contributed by atoms with Gasteiger partial charge >= 0.3 is 0 Å². The van der Waals surface area contributed by atoms with E-state index in [2.05, 4.69) is 20.3 Å². The molecule has 0 heterocycles. The Hall–Kier alpha value is -2.98. The zero-order valence-electron chi connectivity index (χ0n) is 11.9. The fourth-order valence-corrected chi connectivity index (χ4v) is 1.90. The molecule has 0 aliphatic carbocycles. The van der Waals surface area contributed by atoms with Crippen molar-refractivity contribution in [3.63, 3.8) is 0 Å². The Morgan fingerprint density at radius 3 is 2.52 bits per heavy atom. The van der Waals surface area contributed by atoms with Gasteiger partial charge in [0.2, 0.25) is 0 Å². The highest BCUT2D eigenvalue weighted by Crippen LogP contribution is 2.26. The molecule has 2 aromatic rings. The van der Waals surface area contributed by atoms with Gasteiger partial charge in [-0.2, -0.15) is 0 Å². The van der Waals surface area contributed by atoms with E-state index in [1.54, 1.807) is 12.1 Å². The average Bonchev–Trinajstić information content (AvgIpc) is 2.46. The van der Waals surface area contributed by atoms with E-state index in [4.69, 9.17) is 11.3 Å². The first-order chi connectivity index (χ1) is 10.1. The number of aryl methyl sites for hydroxylation is 1. The van der Waals surface area contributed by atoms with Gasteiger partial charge in [-0.1, -0.05) is 35.4 Å². The molecule has 3 N–H and O–H groups in total. The summed E-state index contributed by atoms with van der Waals surface area (Å²) < 4.78 is 0. The number of azide groups is 1. The largest absolute Gasteiger partial charge is 0.369 e. The maximum absolute atomic E-state index is 8.53. The summed E-state index contributed by atoms with van der Waals surface area (Å²) in [5.41, 5.74) is 18.5. The quantitative estimate of drug-likeness (QED) is 0.288. The van der Waals surface area contributed by atoms with Crippen LogP contribution < -0.4 is 11.1 Å². The van der Waals surface area contributed by atoms with Crippen molar-refractivity contribution in [3.05, 3.63) is 64.0 Å². The molecule has 21 heavy (non-hydrogen) atoms. The summed E-state index contributed by atoms with van der Waals surface area (Å²) in [7, 11) is 0. The van der Waals surface area contributed by atoms with Crippen LogP contribution in [0.15, 0.2) is 52.6 Å². The third kappa shape index (κ3) is 3.52. The molecule has 0 bridgehead atoms. The highest BCUT2D eigenvalue weighted by Gasteiger charge is 2.04. The van der Waals surface area contributed by atoms with Crippen LogP contribution in [-0.4, -0.2) is 5.96 Å². The Morgan fingerprint density at radius 2 is 1.81 bits per heavy atom. The van der Waals surface area contributed by atoms with Crippen LogP contribution in [0.3, 0.4) is 0 Å². The van der Waals surface area contributed by atoms with Gasteiger partial charge in [0.05, 0.1) is 5.69 Å². The Labute approximate surface area is 123 Å². The lowest BCUT2D eigenvalue weighted by Crippen LogP contribution is -2.22. The van der Waals surface area contributed by atoms with Crippen molar-refractivity contribution in [1.29, 1.82) is 0 Å². The average molecular weight is 280 g/mol. The molecule has 0 spiro atoms. The molecule has 0 amide bonds. The molecule has 0 aliphatic heterocycles. The lowest BCUT2D eigenvalue weighted by molar-refractivity contribution is 1.34. The fourth-order valence-electron chi connectivity index (χ4n) is 1.90. The van der Waals surface area contributed by atoms with Crippen LogP contribution in [0.1, 0.15) is 11.1 Å². The van der Waals surface area contributed by atoms with Gasteiger partial charge in [-0.25, -0.2) is 4.99 Å². The van der Waals surface area contributed by atoms with Gasteiger partial charge in [0.1, 0.15) is 0 Å². The van der Waals surface area contributed by atoms with Crippen LogP contribution in [0.4, 0.5) is 17.1 Å². The first kappa shape index (κ1) is 14.4. The Bertz CT molecular complexity index is 729. The Kier molecular flexibility index (Phi) is 4.43. The lowest BCUT2D eigenvalue weighted by atomic mass is 10.1. The first-order valence-corrected chi connectivity index (χ1v) is 6.43. The number of hydrogen-bond donors (Lipinski definition) is 2. The highest BCUT2D eigenvalue weighted by atomic mass is 15.1. The second-order valence-corrected chi connectivity index (χ2v) is 4.55. The van der Waals surface area contributed by atoms with E-state index in [9.17, 15) is 0 Å². The predicted molar refractivity (Wildman–Crippen MR) is 86.1 cm³/mol. The molecule has 0 radical (unpaired) electrons. The molecule has 0 saturated carbocycles. The number of aliphatic imine (C=N–C) groups is 1. The van der Waals surface area contributed by atoms with Crippen molar-refractivity contribution >= 4 is 23.0 Å². The maximum Gasteiger partial charge on any atom is 0.198 e. The molecule has 106 valence electrons. The van der Waals surface area contributed by atoms with E-state index in [0.29, 0.717) is 5.69 Å². The molecular formula is C15H16N6. The summed E-state index contributed by atoms with van der Waals surface area (Å²) in [4.78, 5) is 7.15. The molecule has 0 atom stereocenters. The SMILES string of the molecule is Cc1ccccc1N=C(N)Nc1cccc(N=[N+]=[N-])c1C. The Balaban J connectivity index is 2.28. The summed E-state index contributed by atoms with van der Waals surface area (Å²) in [6.45, 7) is 3.83. The van der Waals surface area contributed by atoms with Crippen LogP contribution in [0.2, 0.25) is 0 Å². The second-order valence-electron chi connectivity index (χ2n) is 4.55. The van der Waals surface area contributed by atoms with Crippen molar-refractivity contribution in [1.82, 2.24) is 0 Å². The van der Waals surface area contributed by atoms with E-state index in [0.717, 1.165) is 22.5 Å². The third-order valence-electron chi connectivity index (χ3n) is 3.08. The molecule has 0 aromatic heterocycles. The minimum absolute atomic E-state index is 0.283. The van der Waals surface area contributed by atoms with Crippen LogP contribution in [0, 0.1) is 13.8 Å². The van der Waals surface area contributed by atoms with Gasteiger partial charge in [-0.05, 0) is 42.6 Å². The number of nitrogens with two attached hydrogens (primary N) is 1.